The van der Waals surface area contributed by atoms with Gasteiger partial charge in [0.05, 0.1) is 11.4 Å². The zero-order chi connectivity index (χ0) is 19.5. The molecule has 0 spiro atoms. The minimum atomic E-state index is -0.690. The van der Waals surface area contributed by atoms with Crippen molar-refractivity contribution in [2.24, 2.45) is 0 Å². The van der Waals surface area contributed by atoms with Crippen LogP contribution in [-0.4, -0.2) is 21.6 Å². The van der Waals surface area contributed by atoms with Gasteiger partial charge in [-0.25, -0.2) is 4.68 Å². The van der Waals surface area contributed by atoms with Crippen LogP contribution in [0.2, 0.25) is 0 Å². The zero-order valence-electron chi connectivity index (χ0n) is 15.4. The minimum absolute atomic E-state index is 0.304. The summed E-state index contributed by atoms with van der Waals surface area (Å²) in [4.78, 5) is 24.8. The van der Waals surface area contributed by atoms with E-state index in [1.54, 1.807) is 16.4 Å². The van der Waals surface area contributed by atoms with Crippen LogP contribution in [-0.2, 0) is 27.6 Å². The number of fused-ring (bicyclic) bond motifs is 1. The number of carbonyl (C=O) groups is 2. The van der Waals surface area contributed by atoms with Gasteiger partial charge in [0.1, 0.15) is 5.82 Å². The molecule has 2 amide bonds. The monoisotopic (exact) mass is 392 g/mol. The maximum absolute atomic E-state index is 12.5. The van der Waals surface area contributed by atoms with Gasteiger partial charge in [-0.2, -0.15) is 16.9 Å². The molecule has 0 radical (unpaired) electrons. The van der Waals surface area contributed by atoms with Gasteiger partial charge >= 0.3 is 11.8 Å². The number of benzene rings is 2. The highest BCUT2D eigenvalue weighted by Gasteiger charge is 2.26. The number of hydrogen-bond donors (Lipinski definition) is 2. The molecule has 2 heterocycles. The second-order valence-electron chi connectivity index (χ2n) is 6.64. The highest BCUT2D eigenvalue weighted by Crippen LogP contribution is 2.36. The van der Waals surface area contributed by atoms with Crippen molar-refractivity contribution in [1.29, 1.82) is 0 Å². The molecular weight excluding hydrogens is 372 g/mol. The fraction of sp³-hybridized carbons (Fsp3) is 0.190. The third-order valence-electron chi connectivity index (χ3n) is 4.53. The van der Waals surface area contributed by atoms with E-state index in [0.29, 0.717) is 12.4 Å². The molecule has 4 rings (SSSR count). The van der Waals surface area contributed by atoms with E-state index in [1.807, 2.05) is 61.5 Å². The first-order valence-corrected chi connectivity index (χ1v) is 10.2. The summed E-state index contributed by atoms with van der Waals surface area (Å²) in [6.45, 7) is 2.31. The third kappa shape index (κ3) is 3.80. The number of carbonyl (C=O) groups excluding carboxylic acids is 2. The predicted octanol–water partition coefficient (Wildman–Crippen LogP) is 3.18. The van der Waals surface area contributed by atoms with E-state index in [0.717, 1.165) is 39.6 Å². The number of thioether (sulfide) groups is 1. The van der Waals surface area contributed by atoms with Crippen LogP contribution in [0.15, 0.2) is 54.6 Å². The standard InChI is InChI=1S/C21H20N4O2S/c1-14-6-5-9-16(10-14)25-19(17-12-28-13-18(17)24-25)23-21(27)20(26)22-11-15-7-3-2-4-8-15/h2-10H,11-13H2,1H3,(H,22,26)(H,23,27). The third-order valence-corrected chi connectivity index (χ3v) is 5.50. The number of rotatable bonds is 4. The Morgan fingerprint density at radius 3 is 2.68 bits per heavy atom. The van der Waals surface area contributed by atoms with Crippen molar-refractivity contribution in [2.75, 3.05) is 5.32 Å². The second-order valence-corrected chi connectivity index (χ2v) is 7.63. The van der Waals surface area contributed by atoms with Gasteiger partial charge in [0, 0.05) is 23.6 Å². The molecule has 1 aromatic heterocycles. The summed E-state index contributed by atoms with van der Waals surface area (Å²) >= 11 is 1.75. The number of aromatic nitrogens is 2. The van der Waals surface area contributed by atoms with E-state index in [9.17, 15) is 9.59 Å². The SMILES string of the molecule is Cc1cccc(-n2nc3c(c2NC(=O)C(=O)NCc2ccccc2)CSC3)c1. The lowest BCUT2D eigenvalue weighted by atomic mass is 10.2. The smallest absolute Gasteiger partial charge is 0.314 e. The Kier molecular flexibility index (Phi) is 5.16. The van der Waals surface area contributed by atoms with E-state index >= 15 is 0 Å². The van der Waals surface area contributed by atoms with Crippen LogP contribution >= 0.6 is 11.8 Å². The van der Waals surface area contributed by atoms with Gasteiger partial charge in [-0.05, 0) is 30.2 Å². The summed E-state index contributed by atoms with van der Waals surface area (Å²) in [7, 11) is 0. The number of nitrogens with one attached hydrogen (secondary N) is 2. The van der Waals surface area contributed by atoms with Gasteiger partial charge < -0.3 is 10.6 Å². The molecule has 0 unspecified atom stereocenters. The summed E-state index contributed by atoms with van der Waals surface area (Å²) in [5, 5.41) is 10.1. The maximum atomic E-state index is 12.5. The van der Waals surface area contributed by atoms with Crippen molar-refractivity contribution in [3.8, 4) is 5.69 Å². The fourth-order valence-corrected chi connectivity index (χ4v) is 4.15. The van der Waals surface area contributed by atoms with Crippen LogP contribution in [0.1, 0.15) is 22.4 Å². The van der Waals surface area contributed by atoms with Crippen LogP contribution in [0, 0.1) is 6.92 Å². The summed E-state index contributed by atoms with van der Waals surface area (Å²) in [6, 6.07) is 17.4. The number of nitrogens with zero attached hydrogens (tertiary/aromatic N) is 2. The molecule has 0 fully saturated rings. The molecule has 3 aromatic rings. The van der Waals surface area contributed by atoms with E-state index in [1.165, 1.54) is 0 Å². The molecule has 1 aliphatic heterocycles. The highest BCUT2D eigenvalue weighted by atomic mass is 32.2. The molecule has 0 saturated carbocycles. The zero-order valence-corrected chi connectivity index (χ0v) is 16.3. The van der Waals surface area contributed by atoms with Crippen molar-refractivity contribution in [3.63, 3.8) is 0 Å². The number of hydrogen-bond acceptors (Lipinski definition) is 4. The average Bonchev–Trinajstić information content (AvgIpc) is 3.29. The summed E-state index contributed by atoms with van der Waals surface area (Å²) in [5.74, 6) is 0.787. The van der Waals surface area contributed by atoms with Gasteiger partial charge in [0.25, 0.3) is 0 Å². The van der Waals surface area contributed by atoms with Gasteiger partial charge in [0.2, 0.25) is 0 Å². The van der Waals surface area contributed by atoms with E-state index < -0.39 is 11.8 Å². The topological polar surface area (TPSA) is 76.0 Å². The first-order valence-electron chi connectivity index (χ1n) is 9.00. The summed E-state index contributed by atoms with van der Waals surface area (Å²) in [5.41, 5.74) is 4.83. The molecule has 1 aliphatic rings. The van der Waals surface area contributed by atoms with Gasteiger partial charge in [0.15, 0.2) is 0 Å². The Balaban J connectivity index is 1.54. The van der Waals surface area contributed by atoms with Crippen LogP contribution in [0.5, 0.6) is 0 Å². The molecule has 0 aliphatic carbocycles. The predicted molar refractivity (Wildman–Crippen MR) is 110 cm³/mol. The molecule has 0 saturated heterocycles. The van der Waals surface area contributed by atoms with Crippen molar-refractivity contribution < 1.29 is 9.59 Å². The number of aryl methyl sites for hydroxylation is 1. The van der Waals surface area contributed by atoms with Crippen LogP contribution in [0.25, 0.3) is 5.69 Å². The highest BCUT2D eigenvalue weighted by molar-refractivity contribution is 7.98. The molecule has 0 bridgehead atoms. The number of amides is 2. The van der Waals surface area contributed by atoms with Crippen molar-refractivity contribution in [3.05, 3.63) is 77.0 Å². The minimum Gasteiger partial charge on any atom is -0.344 e. The summed E-state index contributed by atoms with van der Waals surface area (Å²) < 4.78 is 1.72. The molecule has 2 aromatic carbocycles. The molecule has 6 nitrogen and oxygen atoms in total. The van der Waals surface area contributed by atoms with E-state index in [4.69, 9.17) is 0 Å². The van der Waals surface area contributed by atoms with Gasteiger partial charge in [-0.15, -0.1) is 0 Å². The van der Waals surface area contributed by atoms with Gasteiger partial charge in [-0.3, -0.25) is 9.59 Å². The fourth-order valence-electron chi connectivity index (χ4n) is 3.11. The molecule has 2 N–H and O–H groups in total. The van der Waals surface area contributed by atoms with Crippen molar-refractivity contribution >= 4 is 29.4 Å². The Morgan fingerprint density at radius 1 is 1.07 bits per heavy atom. The lowest BCUT2D eigenvalue weighted by molar-refractivity contribution is -0.136. The first-order chi connectivity index (χ1) is 13.6. The van der Waals surface area contributed by atoms with Crippen LogP contribution < -0.4 is 10.6 Å². The molecule has 142 valence electrons. The lowest BCUT2D eigenvalue weighted by Crippen LogP contribution is -2.35. The van der Waals surface area contributed by atoms with Crippen molar-refractivity contribution in [1.82, 2.24) is 15.1 Å². The average molecular weight is 392 g/mol. The van der Waals surface area contributed by atoms with Gasteiger partial charge in [-0.1, -0.05) is 42.5 Å². The van der Waals surface area contributed by atoms with E-state index in [-0.39, 0.29) is 0 Å². The Morgan fingerprint density at radius 2 is 1.89 bits per heavy atom. The molecular formula is C21H20N4O2S. The maximum Gasteiger partial charge on any atom is 0.314 e. The Labute approximate surface area is 167 Å². The number of anilines is 1. The normalized spacial score (nSPS) is 12.5. The Hall–Kier alpha value is -3.06. The van der Waals surface area contributed by atoms with E-state index in [2.05, 4.69) is 15.7 Å². The largest absolute Gasteiger partial charge is 0.344 e. The second kappa shape index (κ2) is 7.90. The molecule has 28 heavy (non-hydrogen) atoms. The lowest BCUT2D eigenvalue weighted by Gasteiger charge is -2.11. The molecule has 7 heteroatoms. The van der Waals surface area contributed by atoms with Crippen molar-refractivity contribution in [2.45, 2.75) is 25.0 Å². The van der Waals surface area contributed by atoms with Crippen LogP contribution in [0.3, 0.4) is 0 Å². The summed E-state index contributed by atoms with van der Waals surface area (Å²) in [6.07, 6.45) is 0. The Bertz CT molecular complexity index is 1030. The molecule has 0 atom stereocenters. The van der Waals surface area contributed by atoms with Crippen LogP contribution in [0.4, 0.5) is 5.82 Å². The quantitative estimate of drug-likeness (QED) is 0.669. The first kappa shape index (κ1) is 18.3.